The van der Waals surface area contributed by atoms with Crippen LogP contribution < -0.4 is 15.0 Å². The normalized spacial score (nSPS) is 17.1. The molecule has 1 N–H and O–H groups in total. The molecule has 10 nitrogen and oxygen atoms in total. The van der Waals surface area contributed by atoms with Gasteiger partial charge < -0.3 is 23.8 Å². The lowest BCUT2D eigenvalue weighted by Gasteiger charge is -2.29. The third kappa shape index (κ3) is 7.96. The van der Waals surface area contributed by atoms with Crippen LogP contribution in [0.1, 0.15) is 21.7 Å². The maximum absolute atomic E-state index is 12.8. The Hall–Kier alpha value is -3.09. The summed E-state index contributed by atoms with van der Waals surface area (Å²) in [6, 6.07) is 15.0. The second kappa shape index (κ2) is 13.8. The second-order valence-corrected chi connectivity index (χ2v) is 10.6. The molecule has 39 heavy (non-hydrogen) atoms. The van der Waals surface area contributed by atoms with Crippen LogP contribution in [0.3, 0.4) is 0 Å². The average molecular weight is 554 g/mol. The Morgan fingerprint density at radius 1 is 1.00 bits per heavy atom. The van der Waals surface area contributed by atoms with Crippen molar-refractivity contribution in [2.75, 3.05) is 76.5 Å². The Labute approximate surface area is 232 Å². The summed E-state index contributed by atoms with van der Waals surface area (Å²) in [6.07, 6.45) is 0.754. The first-order valence-electron chi connectivity index (χ1n) is 13.2. The van der Waals surface area contributed by atoms with Gasteiger partial charge in [-0.2, -0.15) is 0 Å². The minimum atomic E-state index is -0.139. The summed E-state index contributed by atoms with van der Waals surface area (Å²) in [6.45, 7) is 6.54. The summed E-state index contributed by atoms with van der Waals surface area (Å²) in [5.74, 6) is 0.752. The number of hydrogen-bond donors (Lipinski definition) is 1. The van der Waals surface area contributed by atoms with Crippen molar-refractivity contribution in [2.45, 2.75) is 19.6 Å². The number of benzene rings is 2. The van der Waals surface area contributed by atoms with Gasteiger partial charge in [-0.25, -0.2) is 0 Å². The van der Waals surface area contributed by atoms with Crippen molar-refractivity contribution in [3.8, 4) is 5.75 Å². The number of ether oxygens (including phenoxy) is 4. The van der Waals surface area contributed by atoms with Crippen LogP contribution in [0.2, 0.25) is 0 Å². The van der Waals surface area contributed by atoms with Crippen molar-refractivity contribution in [3.63, 3.8) is 0 Å². The summed E-state index contributed by atoms with van der Waals surface area (Å²) in [5.41, 5.74) is 4.68. The Balaban J connectivity index is 1.30. The van der Waals surface area contributed by atoms with Gasteiger partial charge in [0, 0.05) is 51.0 Å². The number of aromatic nitrogens is 2. The molecule has 1 saturated heterocycles. The number of methoxy groups -OCH3 is 1. The zero-order valence-corrected chi connectivity index (χ0v) is 23.1. The van der Waals surface area contributed by atoms with E-state index in [4.69, 9.17) is 18.9 Å². The van der Waals surface area contributed by atoms with Crippen molar-refractivity contribution >= 4 is 28.1 Å². The van der Waals surface area contributed by atoms with Gasteiger partial charge in [-0.15, -0.1) is 10.2 Å². The highest BCUT2D eigenvalue weighted by molar-refractivity contribution is 7.15. The zero-order valence-electron chi connectivity index (χ0n) is 22.3. The van der Waals surface area contributed by atoms with E-state index in [1.54, 1.807) is 7.11 Å². The van der Waals surface area contributed by atoms with Crippen LogP contribution in [0.5, 0.6) is 5.75 Å². The molecule has 1 fully saturated rings. The largest absolute Gasteiger partial charge is 0.491 e. The maximum atomic E-state index is 12.8. The SMILES string of the molecule is COCc1nnc(NC(=O)CN2CCOCCOc3ccc(N4CCOCC4)cc3Cc3cccc(c3)C2)s1. The minimum Gasteiger partial charge on any atom is -0.491 e. The Bertz CT molecular complexity index is 1230. The first-order chi connectivity index (χ1) is 19.2. The fourth-order valence-corrected chi connectivity index (χ4v) is 5.48. The van der Waals surface area contributed by atoms with Crippen molar-refractivity contribution in [2.24, 2.45) is 0 Å². The van der Waals surface area contributed by atoms with Crippen LogP contribution >= 0.6 is 11.3 Å². The number of anilines is 2. The van der Waals surface area contributed by atoms with Crippen molar-refractivity contribution in [1.82, 2.24) is 15.1 Å². The lowest BCUT2D eigenvalue weighted by Crippen LogP contribution is -2.36. The quantitative estimate of drug-likeness (QED) is 0.494. The van der Waals surface area contributed by atoms with E-state index in [0.717, 1.165) is 54.6 Å². The molecule has 0 unspecified atom stereocenters. The molecule has 0 atom stereocenters. The summed E-state index contributed by atoms with van der Waals surface area (Å²) >= 11 is 1.31. The van der Waals surface area contributed by atoms with E-state index < -0.39 is 0 Å². The molecule has 2 bridgehead atoms. The average Bonchev–Trinajstić information content (AvgIpc) is 3.38. The summed E-state index contributed by atoms with van der Waals surface area (Å²) in [5, 5.41) is 12.1. The highest BCUT2D eigenvalue weighted by Gasteiger charge is 2.17. The van der Waals surface area contributed by atoms with Gasteiger partial charge in [0.15, 0.2) is 0 Å². The molecule has 3 heterocycles. The maximum Gasteiger partial charge on any atom is 0.240 e. The van der Waals surface area contributed by atoms with Gasteiger partial charge >= 0.3 is 0 Å². The van der Waals surface area contributed by atoms with Crippen LogP contribution in [0.25, 0.3) is 0 Å². The first kappa shape index (κ1) is 27.5. The van der Waals surface area contributed by atoms with Gasteiger partial charge in [0.25, 0.3) is 0 Å². The minimum absolute atomic E-state index is 0.139. The highest BCUT2D eigenvalue weighted by Crippen LogP contribution is 2.28. The fraction of sp³-hybridized carbons (Fsp3) is 0.464. The van der Waals surface area contributed by atoms with E-state index in [9.17, 15) is 4.79 Å². The van der Waals surface area contributed by atoms with E-state index in [1.807, 2.05) is 0 Å². The lowest BCUT2D eigenvalue weighted by atomic mass is 10.0. The molecule has 0 saturated carbocycles. The number of hydrogen-bond acceptors (Lipinski definition) is 10. The Morgan fingerprint density at radius 3 is 2.69 bits per heavy atom. The third-order valence-corrected chi connectivity index (χ3v) is 7.41. The summed E-state index contributed by atoms with van der Waals surface area (Å²) < 4.78 is 22.6. The molecule has 2 aromatic carbocycles. The van der Waals surface area contributed by atoms with Gasteiger partial charge in [0.05, 0.1) is 33.0 Å². The zero-order chi connectivity index (χ0) is 26.9. The molecule has 208 valence electrons. The van der Waals surface area contributed by atoms with Gasteiger partial charge in [0.2, 0.25) is 11.0 Å². The van der Waals surface area contributed by atoms with Gasteiger partial charge in [-0.1, -0.05) is 35.6 Å². The fourth-order valence-electron chi connectivity index (χ4n) is 4.75. The van der Waals surface area contributed by atoms with Crippen LogP contribution in [0.4, 0.5) is 10.8 Å². The van der Waals surface area contributed by atoms with E-state index in [-0.39, 0.29) is 12.5 Å². The van der Waals surface area contributed by atoms with Crippen molar-refractivity contribution in [3.05, 3.63) is 64.2 Å². The monoisotopic (exact) mass is 553 g/mol. The van der Waals surface area contributed by atoms with Crippen LogP contribution in [0, 0.1) is 0 Å². The summed E-state index contributed by atoms with van der Waals surface area (Å²) in [7, 11) is 1.60. The number of carbonyl (C=O) groups is 1. The Kier molecular flexibility index (Phi) is 9.73. The number of nitrogens with zero attached hydrogens (tertiary/aromatic N) is 4. The molecule has 2 aliphatic rings. The predicted molar refractivity (Wildman–Crippen MR) is 150 cm³/mol. The van der Waals surface area contributed by atoms with E-state index >= 15 is 0 Å². The van der Waals surface area contributed by atoms with E-state index in [0.29, 0.717) is 44.6 Å². The van der Waals surface area contributed by atoms with E-state index in [1.165, 1.54) is 22.6 Å². The van der Waals surface area contributed by atoms with Crippen LogP contribution in [0.15, 0.2) is 42.5 Å². The molecule has 5 rings (SSSR count). The predicted octanol–water partition coefficient (Wildman–Crippen LogP) is 2.96. The number of morpholine rings is 1. The lowest BCUT2D eigenvalue weighted by molar-refractivity contribution is -0.117. The number of nitrogens with one attached hydrogen (secondary N) is 1. The summed E-state index contributed by atoms with van der Waals surface area (Å²) in [4.78, 5) is 17.3. The first-order valence-corrected chi connectivity index (χ1v) is 14.1. The standard InChI is InChI=1S/C28H35N5O5S/c1-35-20-27-30-31-28(39-27)29-26(34)19-32-7-10-37-13-14-38-25-6-5-24(33-8-11-36-12-9-33)17-23(25)16-21-3-2-4-22(15-21)18-32/h2-6,15,17H,7-14,16,18-20H2,1H3,(H,29,31,34). The molecule has 0 spiro atoms. The molecule has 0 aliphatic carbocycles. The molecule has 1 amide bonds. The molecule has 11 heteroatoms. The number of rotatable bonds is 6. The van der Waals surface area contributed by atoms with Crippen molar-refractivity contribution < 1.29 is 23.7 Å². The molecular formula is C28H35N5O5S. The van der Waals surface area contributed by atoms with Gasteiger partial charge in [-0.3, -0.25) is 15.0 Å². The molecule has 2 aliphatic heterocycles. The Morgan fingerprint density at radius 2 is 1.82 bits per heavy atom. The third-order valence-electron chi connectivity index (χ3n) is 6.60. The molecular weight excluding hydrogens is 518 g/mol. The van der Waals surface area contributed by atoms with Gasteiger partial charge in [0.1, 0.15) is 24.0 Å². The highest BCUT2D eigenvalue weighted by atomic mass is 32.1. The molecule has 0 radical (unpaired) electrons. The second-order valence-electron chi connectivity index (χ2n) is 9.54. The van der Waals surface area contributed by atoms with E-state index in [2.05, 4.69) is 67.8 Å². The number of amides is 1. The van der Waals surface area contributed by atoms with Gasteiger partial charge in [-0.05, 0) is 29.3 Å². The number of carbonyl (C=O) groups excluding carboxylic acids is 1. The molecule has 3 aromatic rings. The van der Waals surface area contributed by atoms with Crippen LogP contribution in [-0.2, 0) is 38.6 Å². The number of fused-ring (bicyclic) bond motifs is 3. The van der Waals surface area contributed by atoms with Crippen LogP contribution in [-0.4, -0.2) is 87.3 Å². The smallest absolute Gasteiger partial charge is 0.240 e. The van der Waals surface area contributed by atoms with Crippen molar-refractivity contribution in [1.29, 1.82) is 0 Å². The molecule has 1 aromatic heterocycles. The topological polar surface area (TPSA) is 98.3 Å².